The molecular formula is C22H19F3N8. The van der Waals surface area contributed by atoms with Gasteiger partial charge in [0, 0.05) is 36.9 Å². The summed E-state index contributed by atoms with van der Waals surface area (Å²) in [6, 6.07) is 9.04. The maximum atomic E-state index is 13.4. The van der Waals surface area contributed by atoms with Crippen LogP contribution in [0.2, 0.25) is 0 Å². The van der Waals surface area contributed by atoms with Crippen molar-refractivity contribution in [2.75, 3.05) is 0 Å². The van der Waals surface area contributed by atoms with Crippen molar-refractivity contribution in [3.63, 3.8) is 0 Å². The average Bonchev–Trinajstić information content (AvgIpc) is 3.24. The summed E-state index contributed by atoms with van der Waals surface area (Å²) in [4.78, 5) is 8.80. The van der Waals surface area contributed by atoms with Crippen LogP contribution in [0.1, 0.15) is 28.1 Å². The second-order valence-corrected chi connectivity index (χ2v) is 7.47. The van der Waals surface area contributed by atoms with E-state index in [1.54, 1.807) is 42.2 Å². The van der Waals surface area contributed by atoms with Gasteiger partial charge in [0.2, 0.25) is 0 Å². The van der Waals surface area contributed by atoms with Crippen molar-refractivity contribution >= 4 is 23.7 Å². The van der Waals surface area contributed by atoms with Crippen LogP contribution in [-0.2, 0) is 19.6 Å². The Bertz CT molecular complexity index is 1360. The van der Waals surface area contributed by atoms with Crippen molar-refractivity contribution in [3.05, 3.63) is 58.4 Å². The molecule has 3 aromatic rings. The maximum absolute atomic E-state index is 13.4. The van der Waals surface area contributed by atoms with Crippen LogP contribution < -0.4 is 5.73 Å². The number of aromatic nitrogens is 4. The molecule has 33 heavy (non-hydrogen) atoms. The Hall–Kier alpha value is -4.20. The van der Waals surface area contributed by atoms with E-state index in [0.717, 1.165) is 15.8 Å². The quantitative estimate of drug-likeness (QED) is 0.636. The average molecular weight is 452 g/mol. The number of nitrogens with zero attached hydrogens (tertiary/aromatic N) is 7. The van der Waals surface area contributed by atoms with Gasteiger partial charge in [0.1, 0.15) is 5.84 Å². The Morgan fingerprint density at radius 1 is 1.12 bits per heavy atom. The van der Waals surface area contributed by atoms with E-state index in [1.807, 2.05) is 0 Å². The number of fused-ring (bicyclic) bond motifs is 1. The zero-order valence-electron chi connectivity index (χ0n) is 18.0. The van der Waals surface area contributed by atoms with Crippen molar-refractivity contribution in [1.82, 2.24) is 19.6 Å². The Balaban J connectivity index is 1.79. The van der Waals surface area contributed by atoms with E-state index < -0.39 is 11.7 Å². The van der Waals surface area contributed by atoms with Gasteiger partial charge in [-0.15, -0.1) is 0 Å². The number of nitrogens with two attached hydrogens (primary N) is 1. The minimum Gasteiger partial charge on any atom is -0.384 e. The summed E-state index contributed by atoms with van der Waals surface area (Å²) in [6.07, 6.45) is -1.29. The van der Waals surface area contributed by atoms with E-state index in [1.165, 1.54) is 19.9 Å². The van der Waals surface area contributed by atoms with Crippen LogP contribution in [-0.4, -0.2) is 31.6 Å². The van der Waals surface area contributed by atoms with Gasteiger partial charge < -0.3 is 5.73 Å². The molecule has 0 spiro atoms. The summed E-state index contributed by atoms with van der Waals surface area (Å²) in [5.74, 6) is 0.661. The smallest absolute Gasteiger partial charge is 0.384 e. The molecule has 0 aliphatic carbocycles. The topological polar surface area (TPSA) is 110 Å². The molecule has 0 unspecified atom stereocenters. The predicted octanol–water partition coefficient (Wildman–Crippen LogP) is 3.91. The van der Waals surface area contributed by atoms with Crippen molar-refractivity contribution in [1.29, 1.82) is 5.26 Å². The second kappa shape index (κ2) is 8.05. The lowest BCUT2D eigenvalue weighted by atomic mass is 10.0. The number of alkyl halides is 3. The molecule has 0 radical (unpaired) electrons. The number of rotatable bonds is 2. The van der Waals surface area contributed by atoms with Gasteiger partial charge in [0.25, 0.3) is 0 Å². The monoisotopic (exact) mass is 452 g/mol. The number of hydrogen-bond donors (Lipinski definition) is 1. The molecule has 168 valence electrons. The summed E-state index contributed by atoms with van der Waals surface area (Å²) in [7, 11) is 1.72. The minimum absolute atomic E-state index is 0.0424. The fourth-order valence-corrected chi connectivity index (χ4v) is 3.77. The molecule has 0 saturated heterocycles. The van der Waals surface area contributed by atoms with Gasteiger partial charge in [0.05, 0.1) is 34.3 Å². The number of benzene rings is 1. The highest BCUT2D eigenvalue weighted by atomic mass is 19.4. The first-order valence-corrected chi connectivity index (χ1v) is 9.88. The fourth-order valence-electron chi connectivity index (χ4n) is 3.77. The zero-order chi connectivity index (χ0) is 23.9. The number of halogens is 3. The number of amidine groups is 1. The standard InChI is InChI=1S/C22H19F3N8/c1-12-19(22(23,24)25)13(2)33(30-12)18-10-17(27)29-21-16(8-9-28-18)20(31-32(21)3)15-6-4-14(11-26)5-7-15/h4-7,9-10H,8H2,1-3H3,(H2,27,29). The molecule has 2 aromatic heterocycles. The maximum Gasteiger partial charge on any atom is 0.419 e. The van der Waals surface area contributed by atoms with Crippen LogP contribution in [0.15, 0.2) is 40.3 Å². The van der Waals surface area contributed by atoms with Crippen molar-refractivity contribution < 1.29 is 13.2 Å². The van der Waals surface area contributed by atoms with Gasteiger partial charge >= 0.3 is 6.18 Å². The molecular weight excluding hydrogens is 433 g/mol. The van der Waals surface area contributed by atoms with Gasteiger partial charge in [0.15, 0.2) is 11.6 Å². The summed E-state index contributed by atoms with van der Waals surface area (Å²) in [5.41, 5.74) is 7.77. The molecule has 0 fully saturated rings. The zero-order valence-corrected chi connectivity index (χ0v) is 18.0. The van der Waals surface area contributed by atoms with Crippen LogP contribution in [0.25, 0.3) is 17.1 Å². The van der Waals surface area contributed by atoms with E-state index in [0.29, 0.717) is 23.5 Å². The molecule has 4 rings (SSSR count). The number of hydrogen-bond acceptors (Lipinski definition) is 6. The summed E-state index contributed by atoms with van der Waals surface area (Å²) >= 11 is 0. The van der Waals surface area contributed by atoms with E-state index in [4.69, 9.17) is 11.0 Å². The van der Waals surface area contributed by atoms with Crippen LogP contribution in [0, 0.1) is 25.2 Å². The number of aliphatic imine (C=N–C) groups is 2. The number of nitriles is 1. The summed E-state index contributed by atoms with van der Waals surface area (Å²) in [5, 5.41) is 17.6. The van der Waals surface area contributed by atoms with Crippen molar-refractivity contribution in [2.24, 2.45) is 22.8 Å². The third-order valence-corrected chi connectivity index (χ3v) is 5.22. The van der Waals surface area contributed by atoms with E-state index in [9.17, 15) is 13.2 Å². The fraction of sp³-hybridized carbons (Fsp3) is 0.227. The first-order valence-electron chi connectivity index (χ1n) is 9.88. The van der Waals surface area contributed by atoms with E-state index >= 15 is 0 Å². The minimum atomic E-state index is -4.53. The first-order chi connectivity index (χ1) is 15.6. The molecule has 0 atom stereocenters. The highest BCUT2D eigenvalue weighted by Crippen LogP contribution is 2.35. The van der Waals surface area contributed by atoms with Gasteiger partial charge in [-0.1, -0.05) is 12.1 Å². The van der Waals surface area contributed by atoms with Crippen LogP contribution in [0.4, 0.5) is 19.0 Å². The molecule has 0 amide bonds. The SMILES string of the molecule is Cc1nn(C2=CC(N)=Nc3c(c(-c4ccc(C#N)cc4)nn3C)CC=N2)c(C)c1C(F)(F)F. The molecule has 0 saturated carbocycles. The van der Waals surface area contributed by atoms with E-state index in [2.05, 4.69) is 26.3 Å². The van der Waals surface area contributed by atoms with Crippen LogP contribution in [0.5, 0.6) is 0 Å². The Labute approximate surface area is 187 Å². The molecule has 3 heterocycles. The highest BCUT2D eigenvalue weighted by Gasteiger charge is 2.37. The molecule has 11 heteroatoms. The largest absolute Gasteiger partial charge is 0.419 e. The Morgan fingerprint density at radius 2 is 1.82 bits per heavy atom. The summed E-state index contributed by atoms with van der Waals surface area (Å²) in [6.45, 7) is 2.63. The third-order valence-electron chi connectivity index (χ3n) is 5.22. The van der Waals surface area contributed by atoms with E-state index in [-0.39, 0.29) is 23.0 Å². The lowest BCUT2D eigenvalue weighted by molar-refractivity contribution is -0.138. The van der Waals surface area contributed by atoms with Gasteiger partial charge in [-0.25, -0.2) is 14.7 Å². The molecule has 0 bridgehead atoms. The predicted molar refractivity (Wildman–Crippen MR) is 118 cm³/mol. The lowest BCUT2D eigenvalue weighted by Gasteiger charge is -2.08. The molecule has 8 nitrogen and oxygen atoms in total. The first kappa shape index (κ1) is 22.0. The Morgan fingerprint density at radius 3 is 2.42 bits per heavy atom. The van der Waals surface area contributed by atoms with Crippen molar-refractivity contribution in [2.45, 2.75) is 26.4 Å². The third kappa shape index (κ3) is 4.03. The van der Waals surface area contributed by atoms with Crippen LogP contribution >= 0.6 is 0 Å². The number of aryl methyl sites for hydroxylation is 2. The molecule has 1 aliphatic heterocycles. The second-order valence-electron chi connectivity index (χ2n) is 7.47. The van der Waals surface area contributed by atoms with Gasteiger partial charge in [-0.3, -0.25) is 4.68 Å². The molecule has 1 aromatic carbocycles. The van der Waals surface area contributed by atoms with Gasteiger partial charge in [-0.2, -0.15) is 28.6 Å². The molecule has 1 aliphatic rings. The van der Waals surface area contributed by atoms with Crippen molar-refractivity contribution in [3.8, 4) is 17.3 Å². The summed E-state index contributed by atoms with van der Waals surface area (Å²) < 4.78 is 43.0. The normalized spacial score (nSPS) is 14.0. The van der Waals surface area contributed by atoms with Gasteiger partial charge in [-0.05, 0) is 26.0 Å². The van der Waals surface area contributed by atoms with Crippen LogP contribution in [0.3, 0.4) is 0 Å². The molecule has 2 N–H and O–H groups in total. The highest BCUT2D eigenvalue weighted by molar-refractivity contribution is 5.98. The Kier molecular flexibility index (Phi) is 5.37. The lowest BCUT2D eigenvalue weighted by Crippen LogP contribution is -2.12.